The maximum atomic E-state index is 8.94. The number of nitrogens with one attached hydrogen (secondary N) is 1. The molecule has 84 valence electrons. The van der Waals surface area contributed by atoms with Crippen molar-refractivity contribution in [1.82, 2.24) is 5.32 Å². The molecular formula is C11H17NO3. The summed E-state index contributed by atoms with van der Waals surface area (Å²) in [4.78, 5) is 0. The average Bonchev–Trinajstić information content (AvgIpc) is 2.31. The molecule has 0 heterocycles. The van der Waals surface area contributed by atoms with Gasteiger partial charge in [-0.05, 0) is 19.2 Å². The lowest BCUT2D eigenvalue weighted by atomic mass is 10.3. The third-order valence-electron chi connectivity index (χ3n) is 2.12. The van der Waals surface area contributed by atoms with Crippen molar-refractivity contribution in [3.63, 3.8) is 0 Å². The second-order valence-electron chi connectivity index (χ2n) is 3.16. The summed E-state index contributed by atoms with van der Waals surface area (Å²) in [5, 5.41) is 11.9. The molecular weight excluding hydrogens is 194 g/mol. The van der Waals surface area contributed by atoms with Gasteiger partial charge >= 0.3 is 0 Å². The van der Waals surface area contributed by atoms with Crippen LogP contribution in [0.5, 0.6) is 11.5 Å². The van der Waals surface area contributed by atoms with Crippen LogP contribution >= 0.6 is 0 Å². The standard InChI is InChI=1S/C11H17NO3/c1-12-9(7-13)8-15-11-5-3-4-10(6-11)14-2/h3-6,9,12-13H,7-8H2,1-2H3. The molecule has 0 saturated heterocycles. The summed E-state index contributed by atoms with van der Waals surface area (Å²) < 4.78 is 10.6. The molecule has 4 heteroatoms. The Balaban J connectivity index is 2.49. The molecule has 15 heavy (non-hydrogen) atoms. The first-order valence-electron chi connectivity index (χ1n) is 4.85. The fraction of sp³-hybridized carbons (Fsp3) is 0.455. The zero-order valence-electron chi connectivity index (χ0n) is 9.06. The van der Waals surface area contributed by atoms with Gasteiger partial charge in [0.15, 0.2) is 0 Å². The number of methoxy groups -OCH3 is 1. The van der Waals surface area contributed by atoms with E-state index in [1.165, 1.54) is 0 Å². The Bertz CT molecular complexity index is 287. The number of aliphatic hydroxyl groups is 1. The van der Waals surface area contributed by atoms with Crippen molar-refractivity contribution in [2.75, 3.05) is 27.4 Å². The molecule has 0 aliphatic rings. The Morgan fingerprint density at radius 2 is 2.13 bits per heavy atom. The molecule has 0 amide bonds. The number of ether oxygens (including phenoxy) is 2. The minimum atomic E-state index is -0.0452. The van der Waals surface area contributed by atoms with Crippen molar-refractivity contribution in [3.8, 4) is 11.5 Å². The molecule has 0 spiro atoms. The van der Waals surface area contributed by atoms with E-state index in [1.807, 2.05) is 24.3 Å². The highest BCUT2D eigenvalue weighted by molar-refractivity contribution is 5.32. The van der Waals surface area contributed by atoms with E-state index in [0.717, 1.165) is 11.5 Å². The Morgan fingerprint density at radius 3 is 2.73 bits per heavy atom. The van der Waals surface area contributed by atoms with Gasteiger partial charge in [-0.3, -0.25) is 0 Å². The predicted octanol–water partition coefficient (Wildman–Crippen LogP) is 0.654. The summed E-state index contributed by atoms with van der Waals surface area (Å²) in [7, 11) is 3.40. The van der Waals surface area contributed by atoms with Crippen LogP contribution in [0.15, 0.2) is 24.3 Å². The van der Waals surface area contributed by atoms with E-state index in [1.54, 1.807) is 14.2 Å². The molecule has 0 aromatic heterocycles. The van der Waals surface area contributed by atoms with E-state index in [4.69, 9.17) is 14.6 Å². The summed E-state index contributed by atoms with van der Waals surface area (Å²) in [6, 6.07) is 7.34. The fourth-order valence-electron chi connectivity index (χ4n) is 1.12. The van der Waals surface area contributed by atoms with Crippen LogP contribution in [0.2, 0.25) is 0 Å². The SMILES string of the molecule is CNC(CO)COc1cccc(OC)c1. The summed E-state index contributed by atoms with van der Waals surface area (Å²) >= 11 is 0. The van der Waals surface area contributed by atoms with E-state index in [9.17, 15) is 0 Å². The van der Waals surface area contributed by atoms with Gasteiger partial charge in [0.1, 0.15) is 18.1 Å². The Morgan fingerprint density at radius 1 is 1.40 bits per heavy atom. The number of hydrogen-bond donors (Lipinski definition) is 2. The lowest BCUT2D eigenvalue weighted by Crippen LogP contribution is -2.34. The van der Waals surface area contributed by atoms with Crippen molar-refractivity contribution >= 4 is 0 Å². The van der Waals surface area contributed by atoms with Gasteiger partial charge < -0.3 is 19.9 Å². The highest BCUT2D eigenvalue weighted by atomic mass is 16.5. The first-order chi connectivity index (χ1) is 7.30. The third kappa shape index (κ3) is 3.77. The average molecular weight is 211 g/mol. The monoisotopic (exact) mass is 211 g/mol. The molecule has 0 aliphatic heterocycles. The van der Waals surface area contributed by atoms with Crippen LogP contribution in [0, 0.1) is 0 Å². The molecule has 1 rings (SSSR count). The summed E-state index contributed by atoms with van der Waals surface area (Å²) in [6.07, 6.45) is 0. The van der Waals surface area contributed by atoms with Crippen LogP contribution in [-0.2, 0) is 0 Å². The molecule has 1 aromatic rings. The number of rotatable bonds is 6. The molecule has 1 unspecified atom stereocenters. The smallest absolute Gasteiger partial charge is 0.123 e. The first kappa shape index (κ1) is 11.8. The quantitative estimate of drug-likeness (QED) is 0.725. The number of hydrogen-bond acceptors (Lipinski definition) is 4. The minimum Gasteiger partial charge on any atom is -0.497 e. The van der Waals surface area contributed by atoms with E-state index in [0.29, 0.717) is 6.61 Å². The minimum absolute atomic E-state index is 0.0452. The predicted molar refractivity (Wildman–Crippen MR) is 58.4 cm³/mol. The number of likely N-dealkylation sites (N-methyl/N-ethyl adjacent to an activating group) is 1. The second kappa shape index (κ2) is 6.27. The zero-order valence-corrected chi connectivity index (χ0v) is 9.06. The van der Waals surface area contributed by atoms with Crippen molar-refractivity contribution in [2.45, 2.75) is 6.04 Å². The van der Waals surface area contributed by atoms with E-state index < -0.39 is 0 Å². The summed E-state index contributed by atoms with van der Waals surface area (Å²) in [5.74, 6) is 1.50. The Kier molecular flexibility index (Phi) is 4.93. The molecule has 1 aromatic carbocycles. The van der Waals surface area contributed by atoms with Gasteiger partial charge in [-0.25, -0.2) is 0 Å². The van der Waals surface area contributed by atoms with Crippen LogP contribution in [0.1, 0.15) is 0 Å². The second-order valence-corrected chi connectivity index (χ2v) is 3.16. The van der Waals surface area contributed by atoms with Crippen molar-refractivity contribution in [1.29, 1.82) is 0 Å². The van der Waals surface area contributed by atoms with E-state index in [-0.39, 0.29) is 12.6 Å². The van der Waals surface area contributed by atoms with Crippen LogP contribution < -0.4 is 14.8 Å². The maximum absolute atomic E-state index is 8.94. The molecule has 4 nitrogen and oxygen atoms in total. The number of benzene rings is 1. The van der Waals surface area contributed by atoms with Crippen molar-refractivity contribution < 1.29 is 14.6 Å². The topological polar surface area (TPSA) is 50.7 Å². The summed E-state index contributed by atoms with van der Waals surface area (Å²) in [5.41, 5.74) is 0. The molecule has 0 radical (unpaired) electrons. The molecule has 1 atom stereocenters. The van der Waals surface area contributed by atoms with Gasteiger partial charge in [-0.15, -0.1) is 0 Å². The van der Waals surface area contributed by atoms with Gasteiger partial charge in [-0.2, -0.15) is 0 Å². The third-order valence-corrected chi connectivity index (χ3v) is 2.12. The largest absolute Gasteiger partial charge is 0.497 e. The van der Waals surface area contributed by atoms with Crippen LogP contribution in [-0.4, -0.2) is 38.5 Å². The fourth-order valence-corrected chi connectivity index (χ4v) is 1.12. The molecule has 0 saturated carbocycles. The van der Waals surface area contributed by atoms with Gasteiger partial charge in [0.2, 0.25) is 0 Å². The zero-order chi connectivity index (χ0) is 11.1. The molecule has 0 aliphatic carbocycles. The molecule has 0 bridgehead atoms. The van der Waals surface area contributed by atoms with Crippen molar-refractivity contribution in [3.05, 3.63) is 24.3 Å². The van der Waals surface area contributed by atoms with Crippen molar-refractivity contribution in [2.24, 2.45) is 0 Å². The van der Waals surface area contributed by atoms with E-state index >= 15 is 0 Å². The van der Waals surface area contributed by atoms with Gasteiger partial charge in [0.05, 0.1) is 19.8 Å². The Hall–Kier alpha value is -1.26. The van der Waals surface area contributed by atoms with Gasteiger partial charge in [0.25, 0.3) is 0 Å². The van der Waals surface area contributed by atoms with Gasteiger partial charge in [0, 0.05) is 6.07 Å². The lowest BCUT2D eigenvalue weighted by Gasteiger charge is -2.14. The van der Waals surface area contributed by atoms with Crippen LogP contribution in [0.25, 0.3) is 0 Å². The first-order valence-corrected chi connectivity index (χ1v) is 4.85. The van der Waals surface area contributed by atoms with E-state index in [2.05, 4.69) is 5.32 Å². The highest BCUT2D eigenvalue weighted by Crippen LogP contribution is 2.18. The van der Waals surface area contributed by atoms with Gasteiger partial charge in [-0.1, -0.05) is 6.07 Å². The normalized spacial score (nSPS) is 12.2. The molecule has 0 fully saturated rings. The lowest BCUT2D eigenvalue weighted by molar-refractivity contribution is 0.188. The summed E-state index contributed by atoms with van der Waals surface area (Å²) in [6.45, 7) is 0.487. The number of aliphatic hydroxyl groups excluding tert-OH is 1. The molecule has 2 N–H and O–H groups in total. The Labute approximate surface area is 89.8 Å². The van der Waals surface area contributed by atoms with Crippen LogP contribution in [0.3, 0.4) is 0 Å². The maximum Gasteiger partial charge on any atom is 0.123 e. The van der Waals surface area contributed by atoms with Crippen LogP contribution in [0.4, 0.5) is 0 Å². The highest BCUT2D eigenvalue weighted by Gasteiger charge is 2.05.